The molecule has 0 saturated carbocycles. The van der Waals surface area contributed by atoms with Gasteiger partial charge >= 0.3 is 0 Å². The Morgan fingerprint density at radius 1 is 1.06 bits per heavy atom. The molecule has 0 aliphatic heterocycles. The highest BCUT2D eigenvalue weighted by Gasteiger charge is 2.25. The fraction of sp³-hybridized carbons (Fsp3) is 0.381. The van der Waals surface area contributed by atoms with Crippen LogP contribution in [0.5, 0.6) is 11.5 Å². The molecule has 2 rings (SSSR count). The van der Waals surface area contributed by atoms with Crippen LogP contribution in [-0.4, -0.2) is 46.8 Å². The summed E-state index contributed by atoms with van der Waals surface area (Å²) in [5.74, 6) is 0.525. The quantitative estimate of drug-likeness (QED) is 0.502. The van der Waals surface area contributed by atoms with Crippen LogP contribution in [0.3, 0.4) is 0 Å². The molecule has 0 heterocycles. The van der Waals surface area contributed by atoms with Gasteiger partial charge in [0.05, 0.1) is 22.8 Å². The van der Waals surface area contributed by atoms with Crippen molar-refractivity contribution in [1.82, 2.24) is 4.72 Å². The second kappa shape index (κ2) is 10.7. The van der Waals surface area contributed by atoms with Gasteiger partial charge in [0, 0.05) is 12.0 Å². The van der Waals surface area contributed by atoms with E-state index < -0.39 is 15.4 Å². The van der Waals surface area contributed by atoms with Crippen LogP contribution in [0.25, 0.3) is 0 Å². The van der Waals surface area contributed by atoms with Gasteiger partial charge in [-0.25, -0.2) is 13.1 Å². The summed E-state index contributed by atoms with van der Waals surface area (Å²) in [5.41, 5.74) is 6.92. The molecule has 2 aromatic carbocycles. The molecule has 3 N–H and O–H groups in total. The number of ether oxygens (including phenoxy) is 2. The zero-order valence-corrected chi connectivity index (χ0v) is 19.9. The standard InChI is InChI=1S/C21H26Cl2N2O5S/c1-21(2,15-10-18(22)20(19(23)11-15)29-9-8-24)14-4-6-17(7-5-14)30-13-16(26)12-25-31(3,27)28/h4-7,10-11,25H,8-9,12-13,24H2,1-3H3. The Morgan fingerprint density at radius 2 is 1.65 bits per heavy atom. The lowest BCUT2D eigenvalue weighted by molar-refractivity contribution is -0.119. The van der Waals surface area contributed by atoms with E-state index in [4.69, 9.17) is 38.4 Å². The van der Waals surface area contributed by atoms with Gasteiger partial charge in [-0.05, 0) is 35.4 Å². The molecule has 0 aliphatic carbocycles. The first kappa shape index (κ1) is 25.4. The topological polar surface area (TPSA) is 108 Å². The van der Waals surface area contributed by atoms with Crippen molar-refractivity contribution < 1.29 is 22.7 Å². The highest BCUT2D eigenvalue weighted by atomic mass is 35.5. The molecule has 0 aromatic heterocycles. The fourth-order valence-electron chi connectivity index (χ4n) is 2.78. The van der Waals surface area contributed by atoms with Gasteiger partial charge < -0.3 is 15.2 Å². The highest BCUT2D eigenvalue weighted by molar-refractivity contribution is 7.88. The van der Waals surface area contributed by atoms with Crippen LogP contribution in [0.2, 0.25) is 10.0 Å². The van der Waals surface area contributed by atoms with E-state index in [-0.39, 0.29) is 18.9 Å². The third-order valence-electron chi connectivity index (χ3n) is 4.59. The maximum Gasteiger partial charge on any atom is 0.209 e. The van der Waals surface area contributed by atoms with Gasteiger partial charge in [0.1, 0.15) is 19.0 Å². The molecule has 31 heavy (non-hydrogen) atoms. The van der Waals surface area contributed by atoms with E-state index >= 15 is 0 Å². The van der Waals surface area contributed by atoms with E-state index in [1.165, 1.54) is 0 Å². The number of ketones is 1. The lowest BCUT2D eigenvalue weighted by Gasteiger charge is -2.27. The molecule has 0 unspecified atom stereocenters. The largest absolute Gasteiger partial charge is 0.489 e. The van der Waals surface area contributed by atoms with Gasteiger partial charge in [-0.2, -0.15) is 0 Å². The maximum absolute atomic E-state index is 11.7. The Morgan fingerprint density at radius 3 is 2.16 bits per heavy atom. The predicted octanol–water partition coefficient (Wildman–Crippen LogP) is 3.15. The predicted molar refractivity (Wildman–Crippen MR) is 123 cm³/mol. The Kier molecular flexibility index (Phi) is 8.73. The van der Waals surface area contributed by atoms with E-state index in [9.17, 15) is 13.2 Å². The molecule has 2 aromatic rings. The average molecular weight is 489 g/mol. The van der Waals surface area contributed by atoms with Gasteiger partial charge in [0.15, 0.2) is 11.5 Å². The van der Waals surface area contributed by atoms with Crippen LogP contribution in [-0.2, 0) is 20.2 Å². The number of hydrogen-bond donors (Lipinski definition) is 2. The Labute approximate surface area is 192 Å². The Bertz CT molecular complexity index is 1000. The summed E-state index contributed by atoms with van der Waals surface area (Å²) in [7, 11) is -3.42. The summed E-state index contributed by atoms with van der Waals surface area (Å²) in [6.45, 7) is 4.19. The first-order valence-electron chi connectivity index (χ1n) is 9.46. The number of hydrogen-bond acceptors (Lipinski definition) is 6. The summed E-state index contributed by atoms with van der Waals surface area (Å²) in [5, 5.41) is 0.815. The molecule has 10 heteroatoms. The van der Waals surface area contributed by atoms with Crippen molar-refractivity contribution in [3.63, 3.8) is 0 Å². The van der Waals surface area contributed by atoms with Crippen LogP contribution >= 0.6 is 23.2 Å². The van der Waals surface area contributed by atoms with Crippen molar-refractivity contribution in [3.05, 3.63) is 57.6 Å². The van der Waals surface area contributed by atoms with Gasteiger partial charge in [0.2, 0.25) is 10.0 Å². The van der Waals surface area contributed by atoms with Gasteiger partial charge in [0.25, 0.3) is 0 Å². The molecular formula is C21H26Cl2N2O5S. The average Bonchev–Trinajstić information content (AvgIpc) is 2.69. The zero-order chi connectivity index (χ0) is 23.2. The highest BCUT2D eigenvalue weighted by Crippen LogP contribution is 2.40. The molecule has 0 aliphatic rings. The van der Waals surface area contributed by atoms with Crippen LogP contribution in [0.15, 0.2) is 36.4 Å². The van der Waals surface area contributed by atoms with Crippen molar-refractivity contribution in [2.24, 2.45) is 5.73 Å². The number of halogens is 2. The van der Waals surface area contributed by atoms with Crippen LogP contribution in [0, 0.1) is 0 Å². The molecule has 0 saturated heterocycles. The van der Waals surface area contributed by atoms with Crippen molar-refractivity contribution in [2.45, 2.75) is 19.3 Å². The number of nitrogens with one attached hydrogen (secondary N) is 1. The summed E-state index contributed by atoms with van der Waals surface area (Å²) in [6, 6.07) is 10.9. The van der Waals surface area contributed by atoms with E-state index in [0.29, 0.717) is 34.7 Å². The monoisotopic (exact) mass is 488 g/mol. The minimum Gasteiger partial charge on any atom is -0.489 e. The first-order chi connectivity index (χ1) is 14.4. The molecular weight excluding hydrogens is 463 g/mol. The molecule has 0 radical (unpaired) electrons. The molecule has 0 spiro atoms. The van der Waals surface area contributed by atoms with Crippen molar-refractivity contribution in [2.75, 3.05) is 32.6 Å². The van der Waals surface area contributed by atoms with E-state index in [1.807, 2.05) is 38.1 Å². The summed E-state index contributed by atoms with van der Waals surface area (Å²) >= 11 is 12.7. The Balaban J connectivity index is 2.10. The molecule has 0 fully saturated rings. The van der Waals surface area contributed by atoms with Crippen LogP contribution < -0.4 is 19.9 Å². The lowest BCUT2D eigenvalue weighted by atomic mass is 9.78. The Hall–Kier alpha value is -1.84. The van der Waals surface area contributed by atoms with E-state index in [0.717, 1.165) is 17.4 Å². The van der Waals surface area contributed by atoms with Crippen LogP contribution in [0.4, 0.5) is 0 Å². The minimum absolute atomic E-state index is 0.235. The summed E-state index contributed by atoms with van der Waals surface area (Å²) < 4.78 is 35.2. The van der Waals surface area contributed by atoms with Crippen LogP contribution in [0.1, 0.15) is 25.0 Å². The summed E-state index contributed by atoms with van der Waals surface area (Å²) in [6.07, 6.45) is 0.989. The first-order valence-corrected chi connectivity index (χ1v) is 12.1. The zero-order valence-electron chi connectivity index (χ0n) is 17.6. The van der Waals surface area contributed by atoms with E-state index in [1.54, 1.807) is 12.1 Å². The smallest absolute Gasteiger partial charge is 0.209 e. The summed E-state index contributed by atoms with van der Waals surface area (Å²) in [4.78, 5) is 11.7. The minimum atomic E-state index is -3.42. The molecule has 7 nitrogen and oxygen atoms in total. The van der Waals surface area contributed by atoms with E-state index in [2.05, 4.69) is 4.72 Å². The van der Waals surface area contributed by atoms with Crippen molar-refractivity contribution >= 4 is 39.0 Å². The molecule has 0 atom stereocenters. The maximum atomic E-state index is 11.7. The third kappa shape index (κ3) is 7.36. The molecule has 0 amide bonds. The number of Topliss-reactive ketones (excluding diaryl/α,β-unsaturated/α-hetero) is 1. The van der Waals surface area contributed by atoms with Gasteiger partial charge in [-0.15, -0.1) is 0 Å². The molecule has 170 valence electrons. The van der Waals surface area contributed by atoms with Crippen molar-refractivity contribution in [1.29, 1.82) is 0 Å². The van der Waals surface area contributed by atoms with Gasteiger partial charge in [-0.3, -0.25) is 4.79 Å². The number of benzene rings is 2. The fourth-order valence-corrected chi connectivity index (χ4v) is 3.80. The normalized spacial score (nSPS) is 11.9. The number of carbonyl (C=O) groups excluding carboxylic acids is 1. The second-order valence-corrected chi connectivity index (χ2v) is 10.1. The third-order valence-corrected chi connectivity index (χ3v) is 5.82. The lowest BCUT2D eigenvalue weighted by Crippen LogP contribution is -2.31. The molecule has 0 bridgehead atoms. The van der Waals surface area contributed by atoms with Gasteiger partial charge in [-0.1, -0.05) is 49.2 Å². The van der Waals surface area contributed by atoms with Crippen molar-refractivity contribution in [3.8, 4) is 11.5 Å². The second-order valence-electron chi connectivity index (χ2n) is 7.48. The SMILES string of the molecule is CC(C)(c1ccc(OCC(=O)CNS(C)(=O)=O)cc1)c1cc(Cl)c(OCCN)c(Cl)c1. The number of sulfonamides is 1. The number of nitrogens with two attached hydrogens (primary N) is 1. The number of carbonyl (C=O) groups is 1. The number of rotatable bonds is 11.